The van der Waals surface area contributed by atoms with Crippen molar-refractivity contribution in [2.45, 2.75) is 13.0 Å². The Morgan fingerprint density at radius 2 is 2.22 bits per heavy atom. The summed E-state index contributed by atoms with van der Waals surface area (Å²) in [4.78, 5) is 0. The molecule has 4 nitrogen and oxygen atoms in total. The molecule has 94 valence electrons. The van der Waals surface area contributed by atoms with Crippen LogP contribution in [0.3, 0.4) is 0 Å². The molecule has 18 heavy (non-hydrogen) atoms. The van der Waals surface area contributed by atoms with Crippen molar-refractivity contribution < 1.29 is 9.13 Å². The van der Waals surface area contributed by atoms with Crippen molar-refractivity contribution in [2.24, 2.45) is 0 Å². The summed E-state index contributed by atoms with van der Waals surface area (Å²) in [7, 11) is 0. The molecule has 3 rings (SSSR count). The molecule has 0 spiro atoms. The van der Waals surface area contributed by atoms with Gasteiger partial charge in [0.2, 0.25) is 0 Å². The Kier molecular flexibility index (Phi) is 2.72. The smallest absolute Gasteiger partial charge is 0.151 e. The van der Waals surface area contributed by atoms with Crippen molar-refractivity contribution in [3.05, 3.63) is 40.3 Å². The van der Waals surface area contributed by atoms with Crippen LogP contribution in [0.4, 0.5) is 10.2 Å². The Bertz CT molecular complexity index is 591. The maximum Gasteiger partial charge on any atom is 0.151 e. The van der Waals surface area contributed by atoms with Crippen LogP contribution in [0.25, 0.3) is 5.69 Å². The van der Waals surface area contributed by atoms with Crippen LogP contribution < -0.4 is 5.73 Å². The molecule has 0 amide bonds. The van der Waals surface area contributed by atoms with Crippen LogP contribution >= 0.6 is 11.6 Å². The predicted octanol–water partition coefficient (Wildman–Crippen LogP) is 2.32. The number of hydrogen-bond donors (Lipinski definition) is 1. The highest BCUT2D eigenvalue weighted by Crippen LogP contribution is 2.26. The van der Waals surface area contributed by atoms with E-state index in [4.69, 9.17) is 22.1 Å². The Balaban J connectivity index is 2.17. The highest BCUT2D eigenvalue weighted by atomic mass is 35.5. The van der Waals surface area contributed by atoms with Crippen LogP contribution in [0, 0.1) is 5.82 Å². The molecule has 0 bridgehead atoms. The zero-order valence-electron chi connectivity index (χ0n) is 9.49. The van der Waals surface area contributed by atoms with E-state index in [-0.39, 0.29) is 0 Å². The van der Waals surface area contributed by atoms with Crippen molar-refractivity contribution in [3.8, 4) is 5.69 Å². The third kappa shape index (κ3) is 1.85. The van der Waals surface area contributed by atoms with Crippen molar-refractivity contribution >= 4 is 17.4 Å². The molecular weight excluding hydrogens is 257 g/mol. The minimum absolute atomic E-state index is 0.333. The van der Waals surface area contributed by atoms with Crippen LogP contribution in [-0.2, 0) is 17.8 Å². The fourth-order valence-electron chi connectivity index (χ4n) is 2.14. The van der Waals surface area contributed by atoms with Gasteiger partial charge in [-0.3, -0.25) is 0 Å². The summed E-state index contributed by atoms with van der Waals surface area (Å²) in [5.74, 6) is 0.0254. The van der Waals surface area contributed by atoms with Crippen molar-refractivity contribution in [1.82, 2.24) is 9.78 Å². The zero-order valence-corrected chi connectivity index (χ0v) is 10.2. The van der Waals surface area contributed by atoms with Crippen LogP contribution in [0.2, 0.25) is 5.02 Å². The maximum absolute atomic E-state index is 13.4. The Hall–Kier alpha value is -1.59. The average molecular weight is 268 g/mol. The predicted molar refractivity (Wildman–Crippen MR) is 66.3 cm³/mol. The van der Waals surface area contributed by atoms with Gasteiger partial charge >= 0.3 is 0 Å². The number of hydrogen-bond acceptors (Lipinski definition) is 3. The largest absolute Gasteiger partial charge is 0.382 e. The molecule has 2 aromatic rings. The van der Waals surface area contributed by atoms with E-state index in [1.807, 2.05) is 0 Å². The number of benzene rings is 1. The van der Waals surface area contributed by atoms with E-state index in [2.05, 4.69) is 5.10 Å². The van der Waals surface area contributed by atoms with Crippen molar-refractivity contribution in [1.29, 1.82) is 0 Å². The molecule has 2 N–H and O–H groups in total. The molecule has 6 heteroatoms. The normalized spacial score (nSPS) is 14.6. The van der Waals surface area contributed by atoms with Gasteiger partial charge in [0, 0.05) is 17.0 Å². The monoisotopic (exact) mass is 267 g/mol. The summed E-state index contributed by atoms with van der Waals surface area (Å²) >= 11 is 5.85. The Morgan fingerprint density at radius 1 is 1.39 bits per heavy atom. The van der Waals surface area contributed by atoms with Gasteiger partial charge < -0.3 is 10.5 Å². The number of rotatable bonds is 1. The van der Waals surface area contributed by atoms with Gasteiger partial charge in [0.25, 0.3) is 0 Å². The first-order chi connectivity index (χ1) is 8.65. The fourth-order valence-corrected chi connectivity index (χ4v) is 2.35. The summed E-state index contributed by atoms with van der Waals surface area (Å²) in [6.07, 6.45) is 0.702. The second kappa shape index (κ2) is 4.26. The van der Waals surface area contributed by atoms with E-state index >= 15 is 0 Å². The number of nitrogen functional groups attached to an aromatic ring is 1. The van der Waals surface area contributed by atoms with Gasteiger partial charge in [0.05, 0.1) is 24.6 Å². The van der Waals surface area contributed by atoms with Gasteiger partial charge in [-0.05, 0) is 18.2 Å². The number of halogens is 2. The van der Waals surface area contributed by atoms with E-state index < -0.39 is 5.82 Å². The first-order valence-corrected chi connectivity index (χ1v) is 5.93. The number of anilines is 1. The lowest BCUT2D eigenvalue weighted by Gasteiger charge is -2.14. The quantitative estimate of drug-likeness (QED) is 0.863. The number of fused-ring (bicyclic) bond motifs is 1. The molecule has 0 fully saturated rings. The molecule has 1 aliphatic heterocycles. The van der Waals surface area contributed by atoms with Gasteiger partial charge in [-0.1, -0.05) is 11.6 Å². The lowest BCUT2D eigenvalue weighted by Crippen LogP contribution is -2.13. The molecule has 1 aromatic heterocycles. The Morgan fingerprint density at radius 3 is 3.00 bits per heavy atom. The molecule has 1 aromatic carbocycles. The Labute approximate surface area is 108 Å². The molecule has 0 atom stereocenters. The molecule has 0 saturated heterocycles. The van der Waals surface area contributed by atoms with Gasteiger partial charge in [-0.25, -0.2) is 9.07 Å². The van der Waals surface area contributed by atoms with Crippen molar-refractivity contribution in [3.63, 3.8) is 0 Å². The maximum atomic E-state index is 13.4. The summed E-state index contributed by atoms with van der Waals surface area (Å²) in [5.41, 5.74) is 8.25. The molecule has 0 unspecified atom stereocenters. The third-order valence-corrected chi connectivity index (χ3v) is 3.16. The van der Waals surface area contributed by atoms with Crippen LogP contribution in [0.5, 0.6) is 0 Å². The third-order valence-electron chi connectivity index (χ3n) is 2.94. The minimum Gasteiger partial charge on any atom is -0.382 e. The van der Waals surface area contributed by atoms with Gasteiger partial charge in [-0.15, -0.1) is 0 Å². The van der Waals surface area contributed by atoms with Crippen LogP contribution in [0.1, 0.15) is 11.3 Å². The zero-order chi connectivity index (χ0) is 12.7. The molecular formula is C12H11ClFN3O. The molecule has 2 heterocycles. The average Bonchev–Trinajstić information content (AvgIpc) is 2.66. The van der Waals surface area contributed by atoms with E-state index in [0.717, 1.165) is 11.3 Å². The first-order valence-electron chi connectivity index (χ1n) is 5.55. The van der Waals surface area contributed by atoms with Gasteiger partial charge in [0.1, 0.15) is 5.82 Å². The lowest BCUT2D eigenvalue weighted by molar-refractivity contribution is 0.110. The topological polar surface area (TPSA) is 53.1 Å². The standard InChI is InChI=1S/C12H11ClFN3O/c13-7-3-8(14)5-9(4-7)17-11-1-2-18-6-10(11)12(15)16-17/h3-5H,1-2,6H2,(H2,15,16). The van der Waals surface area contributed by atoms with E-state index in [1.165, 1.54) is 12.1 Å². The lowest BCUT2D eigenvalue weighted by atomic mass is 10.1. The van der Waals surface area contributed by atoms with Gasteiger partial charge in [-0.2, -0.15) is 5.10 Å². The van der Waals surface area contributed by atoms with E-state index in [9.17, 15) is 4.39 Å². The molecule has 0 aliphatic carbocycles. The van der Waals surface area contributed by atoms with E-state index in [0.29, 0.717) is 36.2 Å². The minimum atomic E-state index is -0.396. The first kappa shape index (κ1) is 11.5. The number of nitrogens with zero attached hydrogens (tertiary/aromatic N) is 2. The second-order valence-corrected chi connectivity index (χ2v) is 4.59. The summed E-state index contributed by atoms with van der Waals surface area (Å²) in [6, 6.07) is 4.30. The van der Waals surface area contributed by atoms with Crippen LogP contribution in [-0.4, -0.2) is 16.4 Å². The highest BCUT2D eigenvalue weighted by Gasteiger charge is 2.20. The molecule has 0 saturated carbocycles. The fraction of sp³-hybridized carbons (Fsp3) is 0.250. The second-order valence-electron chi connectivity index (χ2n) is 4.15. The number of nitrogens with two attached hydrogens (primary N) is 1. The number of ether oxygens (including phenoxy) is 1. The summed E-state index contributed by atoms with van der Waals surface area (Å²) < 4.78 is 20.4. The molecule has 0 radical (unpaired) electrons. The van der Waals surface area contributed by atoms with E-state index in [1.54, 1.807) is 10.7 Å². The SMILES string of the molecule is Nc1nn(-c2cc(F)cc(Cl)c2)c2c1COCC2. The molecule has 1 aliphatic rings. The number of aromatic nitrogens is 2. The van der Waals surface area contributed by atoms with Crippen molar-refractivity contribution in [2.75, 3.05) is 12.3 Å². The van der Waals surface area contributed by atoms with Crippen LogP contribution in [0.15, 0.2) is 18.2 Å². The van der Waals surface area contributed by atoms with Gasteiger partial charge in [0.15, 0.2) is 5.82 Å². The summed E-state index contributed by atoms with van der Waals surface area (Å²) in [6.45, 7) is 1.06. The summed E-state index contributed by atoms with van der Waals surface area (Å²) in [5, 5.41) is 4.57. The highest BCUT2D eigenvalue weighted by molar-refractivity contribution is 6.30.